The molecule has 1 aliphatic rings. The summed E-state index contributed by atoms with van der Waals surface area (Å²) in [5.74, 6) is 0.924. The maximum absolute atomic E-state index is 5.68. The summed E-state index contributed by atoms with van der Waals surface area (Å²) in [6.07, 6.45) is 7.01. The number of rotatable bonds is 4. The largest absolute Gasteiger partial charge is 0.463 e. The number of ether oxygens (including phenoxy) is 1. The number of hydrogen-bond donors (Lipinski definition) is 0. The van der Waals surface area contributed by atoms with E-state index in [1.54, 1.807) is 0 Å². The Morgan fingerprint density at radius 2 is 2.16 bits per heavy atom. The lowest BCUT2D eigenvalue weighted by Crippen LogP contribution is -2.03. The van der Waals surface area contributed by atoms with Crippen molar-refractivity contribution in [3.8, 4) is 6.01 Å². The van der Waals surface area contributed by atoms with Crippen LogP contribution in [0.3, 0.4) is 0 Å². The van der Waals surface area contributed by atoms with Gasteiger partial charge >= 0.3 is 6.01 Å². The van der Waals surface area contributed by atoms with Gasteiger partial charge in [-0.15, -0.1) is 5.10 Å². The van der Waals surface area contributed by atoms with Gasteiger partial charge in [0.05, 0.1) is 6.61 Å². The van der Waals surface area contributed by atoms with Gasteiger partial charge in [0.25, 0.3) is 0 Å². The topological polar surface area (TPSA) is 39.9 Å². The highest BCUT2D eigenvalue weighted by Gasteiger charge is 2.15. The maximum Gasteiger partial charge on any atom is 0.321 e. The molecular weight excluding hydrogens is 238 g/mol. The molecule has 2 aromatic rings. The number of nitrogens with zero attached hydrogens (tertiary/aromatic N) is 3. The van der Waals surface area contributed by atoms with E-state index in [9.17, 15) is 0 Å². The molecule has 1 aromatic carbocycles. The average molecular weight is 255 g/mol. The van der Waals surface area contributed by atoms with Crippen LogP contribution in [0.1, 0.15) is 36.7 Å². The molecule has 1 aromatic heterocycles. The van der Waals surface area contributed by atoms with Gasteiger partial charge in [-0.1, -0.05) is 42.7 Å². The first-order chi connectivity index (χ1) is 9.38. The van der Waals surface area contributed by atoms with E-state index in [0.717, 1.165) is 25.1 Å². The monoisotopic (exact) mass is 255 g/mol. The molecular formula is C15H17N3O. The summed E-state index contributed by atoms with van der Waals surface area (Å²) in [6, 6.07) is 8.93. The minimum atomic E-state index is 0.590. The Labute approximate surface area is 112 Å². The Balaban J connectivity index is 1.88. The standard InChI is InChI=1S/C15H17N3O/c1-2-3-10-19-15-17-16-14-11-13-7-5-4-6-12(13)8-9-18(14)15/h4-9H,2-3,10-11H2,1H3. The fourth-order valence-electron chi connectivity index (χ4n) is 2.17. The summed E-state index contributed by atoms with van der Waals surface area (Å²) in [4.78, 5) is 0. The number of benzene rings is 1. The van der Waals surface area contributed by atoms with Crippen LogP contribution in [0.4, 0.5) is 0 Å². The normalized spacial score (nSPS) is 12.7. The van der Waals surface area contributed by atoms with Crippen molar-refractivity contribution in [3.63, 3.8) is 0 Å². The average Bonchev–Trinajstić information content (AvgIpc) is 2.70. The van der Waals surface area contributed by atoms with Crippen molar-refractivity contribution in [2.24, 2.45) is 0 Å². The number of unbranched alkanes of at least 4 members (excludes halogenated alkanes) is 1. The number of aromatic nitrogens is 3. The molecule has 0 aliphatic carbocycles. The summed E-state index contributed by atoms with van der Waals surface area (Å²) < 4.78 is 7.62. The fourth-order valence-corrected chi connectivity index (χ4v) is 2.17. The van der Waals surface area contributed by atoms with Crippen LogP contribution in [0.15, 0.2) is 24.3 Å². The zero-order valence-corrected chi connectivity index (χ0v) is 11.0. The summed E-state index contributed by atoms with van der Waals surface area (Å²) in [6.45, 7) is 2.83. The molecule has 0 fully saturated rings. The van der Waals surface area contributed by atoms with Crippen LogP contribution in [0.25, 0.3) is 12.3 Å². The Bertz CT molecular complexity index is 601. The zero-order valence-electron chi connectivity index (χ0n) is 11.0. The number of fused-ring (bicyclic) bond motifs is 2. The van der Waals surface area contributed by atoms with Crippen LogP contribution in [0.2, 0.25) is 0 Å². The van der Waals surface area contributed by atoms with Crippen LogP contribution in [0.5, 0.6) is 6.01 Å². The fraction of sp³-hybridized carbons (Fsp3) is 0.333. The highest BCUT2D eigenvalue weighted by atomic mass is 16.5. The van der Waals surface area contributed by atoms with Gasteiger partial charge in [-0.05, 0) is 23.6 Å². The molecule has 0 unspecified atom stereocenters. The lowest BCUT2D eigenvalue weighted by molar-refractivity contribution is 0.281. The van der Waals surface area contributed by atoms with Crippen molar-refractivity contribution in [2.45, 2.75) is 26.2 Å². The summed E-state index contributed by atoms with van der Waals surface area (Å²) in [5.41, 5.74) is 2.50. The van der Waals surface area contributed by atoms with Crippen LogP contribution in [-0.2, 0) is 6.42 Å². The second-order valence-corrected chi connectivity index (χ2v) is 4.66. The van der Waals surface area contributed by atoms with Gasteiger partial charge in [0.15, 0.2) is 0 Å². The molecule has 0 N–H and O–H groups in total. The Morgan fingerprint density at radius 1 is 1.26 bits per heavy atom. The molecule has 3 rings (SSSR count). The third-order valence-electron chi connectivity index (χ3n) is 3.27. The van der Waals surface area contributed by atoms with Crippen molar-refractivity contribution in [2.75, 3.05) is 6.61 Å². The van der Waals surface area contributed by atoms with Crippen LogP contribution < -0.4 is 4.74 Å². The van der Waals surface area contributed by atoms with Crippen LogP contribution in [0, 0.1) is 0 Å². The van der Waals surface area contributed by atoms with Gasteiger partial charge in [0, 0.05) is 12.6 Å². The van der Waals surface area contributed by atoms with E-state index < -0.39 is 0 Å². The third-order valence-corrected chi connectivity index (χ3v) is 3.27. The molecule has 19 heavy (non-hydrogen) atoms. The predicted octanol–water partition coefficient (Wildman–Crippen LogP) is 2.99. The zero-order chi connectivity index (χ0) is 13.1. The summed E-state index contributed by atoms with van der Waals surface area (Å²) in [7, 11) is 0. The highest BCUT2D eigenvalue weighted by Crippen LogP contribution is 2.22. The first-order valence-electron chi connectivity index (χ1n) is 6.71. The molecule has 98 valence electrons. The Morgan fingerprint density at radius 3 is 3.05 bits per heavy atom. The molecule has 0 atom stereocenters. The van der Waals surface area contributed by atoms with Gasteiger partial charge < -0.3 is 4.74 Å². The summed E-state index contributed by atoms with van der Waals surface area (Å²) >= 11 is 0. The van der Waals surface area contributed by atoms with Gasteiger partial charge in [-0.3, -0.25) is 4.57 Å². The molecule has 0 amide bonds. The van der Waals surface area contributed by atoms with Gasteiger partial charge in [0.2, 0.25) is 0 Å². The molecule has 4 nitrogen and oxygen atoms in total. The smallest absolute Gasteiger partial charge is 0.321 e. The minimum absolute atomic E-state index is 0.590. The van der Waals surface area contributed by atoms with E-state index >= 15 is 0 Å². The lowest BCUT2D eigenvalue weighted by Gasteiger charge is -2.04. The van der Waals surface area contributed by atoms with E-state index in [-0.39, 0.29) is 0 Å². The van der Waals surface area contributed by atoms with E-state index in [1.807, 2.05) is 16.8 Å². The van der Waals surface area contributed by atoms with Crippen LogP contribution >= 0.6 is 0 Å². The first kappa shape index (κ1) is 12.0. The summed E-state index contributed by atoms with van der Waals surface area (Å²) in [5, 5.41) is 8.35. The Kier molecular flexibility index (Phi) is 3.31. The molecule has 0 saturated heterocycles. The molecule has 1 aliphatic heterocycles. The van der Waals surface area contributed by atoms with Crippen LogP contribution in [-0.4, -0.2) is 21.4 Å². The second-order valence-electron chi connectivity index (χ2n) is 4.66. The van der Waals surface area contributed by atoms with E-state index in [0.29, 0.717) is 12.6 Å². The SMILES string of the molecule is CCCCOc1nnc2n1C=Cc1ccccc1C2. The second kappa shape index (κ2) is 5.26. The van der Waals surface area contributed by atoms with Crippen molar-refractivity contribution < 1.29 is 4.74 Å². The van der Waals surface area contributed by atoms with Gasteiger partial charge in [-0.2, -0.15) is 0 Å². The molecule has 0 saturated carbocycles. The quantitative estimate of drug-likeness (QED) is 0.673. The van der Waals surface area contributed by atoms with E-state index in [4.69, 9.17) is 4.74 Å². The number of hydrogen-bond acceptors (Lipinski definition) is 3. The van der Waals surface area contributed by atoms with Crippen molar-refractivity contribution in [1.29, 1.82) is 0 Å². The molecule has 4 heteroatoms. The third kappa shape index (κ3) is 2.38. The molecule has 0 radical (unpaired) electrons. The van der Waals surface area contributed by atoms with E-state index in [2.05, 4.69) is 41.4 Å². The minimum Gasteiger partial charge on any atom is -0.463 e. The molecule has 2 heterocycles. The lowest BCUT2D eigenvalue weighted by atomic mass is 10.1. The van der Waals surface area contributed by atoms with Crippen molar-refractivity contribution >= 4 is 12.3 Å². The maximum atomic E-state index is 5.68. The Hall–Kier alpha value is -2.10. The first-order valence-corrected chi connectivity index (χ1v) is 6.71. The van der Waals surface area contributed by atoms with Gasteiger partial charge in [-0.25, -0.2) is 0 Å². The van der Waals surface area contributed by atoms with Gasteiger partial charge in [0.1, 0.15) is 5.82 Å². The highest BCUT2D eigenvalue weighted by molar-refractivity contribution is 5.66. The molecule has 0 spiro atoms. The van der Waals surface area contributed by atoms with Crippen molar-refractivity contribution in [1.82, 2.24) is 14.8 Å². The molecule has 0 bridgehead atoms. The predicted molar refractivity (Wildman–Crippen MR) is 74.9 cm³/mol. The van der Waals surface area contributed by atoms with Crippen molar-refractivity contribution in [3.05, 3.63) is 41.2 Å². The van der Waals surface area contributed by atoms with E-state index in [1.165, 1.54) is 11.1 Å².